The van der Waals surface area contributed by atoms with Crippen LogP contribution in [0, 0.1) is 17.6 Å². The van der Waals surface area contributed by atoms with Crippen molar-refractivity contribution < 1.29 is 18.7 Å². The number of carboxylic acids is 1. The number of hydrogen-bond donors (Lipinski definition) is 1. The molecule has 1 aromatic carbocycles. The van der Waals surface area contributed by atoms with E-state index >= 15 is 0 Å². The molecule has 4 heteroatoms. The molecule has 0 radical (unpaired) electrons. The summed E-state index contributed by atoms with van der Waals surface area (Å²) >= 11 is 0. The molecule has 1 fully saturated rings. The van der Waals surface area contributed by atoms with E-state index in [1.807, 2.05) is 0 Å². The van der Waals surface area contributed by atoms with Crippen molar-refractivity contribution in [3.63, 3.8) is 0 Å². The van der Waals surface area contributed by atoms with Gasteiger partial charge in [-0.15, -0.1) is 0 Å². The van der Waals surface area contributed by atoms with Crippen LogP contribution in [-0.2, 0) is 4.79 Å². The first-order chi connectivity index (χ1) is 6.58. The van der Waals surface area contributed by atoms with Gasteiger partial charge in [0.2, 0.25) is 0 Å². The van der Waals surface area contributed by atoms with Gasteiger partial charge in [-0.2, -0.15) is 0 Å². The average molecular weight is 198 g/mol. The third-order valence-electron chi connectivity index (χ3n) is 2.42. The first-order valence-corrected chi connectivity index (χ1v) is 4.26. The lowest BCUT2D eigenvalue weighted by molar-refractivity contribution is -0.138. The van der Waals surface area contributed by atoms with Crippen molar-refractivity contribution in [3.8, 4) is 0 Å². The Balaban J connectivity index is 2.23. The van der Waals surface area contributed by atoms with E-state index in [1.165, 1.54) is 12.1 Å². The fourth-order valence-electron chi connectivity index (χ4n) is 1.63. The maximum Gasteiger partial charge on any atom is 0.307 e. The second kappa shape index (κ2) is 3.04. The average Bonchev–Trinajstić information content (AvgIpc) is 2.79. The lowest BCUT2D eigenvalue weighted by Crippen LogP contribution is -1.99. The Morgan fingerprint density at radius 1 is 1.29 bits per heavy atom. The standard InChI is InChI=1S/C10H8F2O2/c11-6-1-5(2-7(12)3-6)8-4-9(8)10(13)14/h1-3,8-9H,4H2,(H,13,14)/t8-,9+/m1/s1. The van der Waals surface area contributed by atoms with Crippen LogP contribution in [0.25, 0.3) is 0 Å². The van der Waals surface area contributed by atoms with Gasteiger partial charge in [0.1, 0.15) is 11.6 Å². The third-order valence-corrected chi connectivity index (χ3v) is 2.42. The number of aliphatic carboxylic acids is 1. The molecule has 2 nitrogen and oxygen atoms in total. The molecular weight excluding hydrogens is 190 g/mol. The normalized spacial score (nSPS) is 24.7. The Morgan fingerprint density at radius 2 is 1.86 bits per heavy atom. The van der Waals surface area contributed by atoms with Gasteiger partial charge in [-0.1, -0.05) is 0 Å². The zero-order chi connectivity index (χ0) is 10.3. The maximum absolute atomic E-state index is 12.8. The Bertz CT molecular complexity index is 369. The minimum absolute atomic E-state index is 0.224. The Labute approximate surface area is 79.2 Å². The van der Waals surface area contributed by atoms with E-state index in [2.05, 4.69) is 0 Å². The highest BCUT2D eigenvalue weighted by Gasteiger charge is 2.44. The van der Waals surface area contributed by atoms with Crippen LogP contribution in [0.15, 0.2) is 18.2 Å². The molecule has 1 aliphatic rings. The van der Waals surface area contributed by atoms with Gasteiger partial charge in [0, 0.05) is 6.07 Å². The molecule has 1 aromatic rings. The fourth-order valence-corrected chi connectivity index (χ4v) is 1.63. The molecule has 0 heterocycles. The quantitative estimate of drug-likeness (QED) is 0.790. The summed E-state index contributed by atoms with van der Waals surface area (Å²) in [6.45, 7) is 0. The fraction of sp³-hybridized carbons (Fsp3) is 0.300. The topological polar surface area (TPSA) is 37.3 Å². The van der Waals surface area contributed by atoms with Crippen molar-refractivity contribution in [3.05, 3.63) is 35.4 Å². The summed E-state index contributed by atoms with van der Waals surface area (Å²) in [5.74, 6) is -2.92. The molecule has 0 saturated heterocycles. The summed E-state index contributed by atoms with van der Waals surface area (Å²) < 4.78 is 25.5. The Hall–Kier alpha value is -1.45. The summed E-state index contributed by atoms with van der Waals surface area (Å²) in [6, 6.07) is 3.16. The van der Waals surface area contributed by atoms with Crippen LogP contribution in [0.5, 0.6) is 0 Å². The maximum atomic E-state index is 12.8. The Morgan fingerprint density at radius 3 is 2.29 bits per heavy atom. The van der Waals surface area contributed by atoms with Gasteiger partial charge in [-0.3, -0.25) is 4.79 Å². The van der Waals surface area contributed by atoms with Crippen molar-refractivity contribution in [2.75, 3.05) is 0 Å². The minimum atomic E-state index is -0.903. The summed E-state index contributed by atoms with van der Waals surface area (Å²) in [4.78, 5) is 10.5. The van der Waals surface area contributed by atoms with Crippen LogP contribution < -0.4 is 0 Å². The second-order valence-electron chi connectivity index (χ2n) is 3.49. The zero-order valence-corrected chi connectivity index (χ0v) is 7.21. The van der Waals surface area contributed by atoms with Crippen LogP contribution in [0.4, 0.5) is 8.78 Å². The highest BCUT2D eigenvalue weighted by Crippen LogP contribution is 2.47. The van der Waals surface area contributed by atoms with Gasteiger partial charge in [0.15, 0.2) is 0 Å². The summed E-state index contributed by atoms with van der Waals surface area (Å²) in [6.07, 6.45) is 0.470. The van der Waals surface area contributed by atoms with Crippen molar-refractivity contribution in [1.82, 2.24) is 0 Å². The predicted octanol–water partition coefficient (Wildman–Crippen LogP) is 2.15. The molecule has 1 aliphatic carbocycles. The van der Waals surface area contributed by atoms with E-state index < -0.39 is 23.5 Å². The summed E-state index contributed by atoms with van der Waals surface area (Å²) in [5.41, 5.74) is 0.440. The van der Waals surface area contributed by atoms with Crippen molar-refractivity contribution in [2.24, 2.45) is 5.92 Å². The van der Waals surface area contributed by atoms with E-state index in [0.29, 0.717) is 12.0 Å². The molecule has 1 N–H and O–H groups in total. The van der Waals surface area contributed by atoms with E-state index in [1.54, 1.807) is 0 Å². The number of benzene rings is 1. The molecule has 74 valence electrons. The molecule has 0 unspecified atom stereocenters. The van der Waals surface area contributed by atoms with E-state index in [-0.39, 0.29) is 5.92 Å². The molecule has 0 aromatic heterocycles. The molecule has 0 bridgehead atoms. The lowest BCUT2D eigenvalue weighted by Gasteiger charge is -1.99. The van der Waals surface area contributed by atoms with Crippen molar-refractivity contribution >= 4 is 5.97 Å². The highest BCUT2D eigenvalue weighted by molar-refractivity contribution is 5.75. The molecular formula is C10H8F2O2. The zero-order valence-electron chi connectivity index (χ0n) is 7.21. The van der Waals surface area contributed by atoms with Crippen molar-refractivity contribution in [2.45, 2.75) is 12.3 Å². The highest BCUT2D eigenvalue weighted by atomic mass is 19.1. The molecule has 2 rings (SSSR count). The number of carbonyl (C=O) groups is 1. The number of hydrogen-bond acceptors (Lipinski definition) is 1. The minimum Gasteiger partial charge on any atom is -0.481 e. The second-order valence-corrected chi connectivity index (χ2v) is 3.49. The molecule has 14 heavy (non-hydrogen) atoms. The van der Waals surface area contributed by atoms with Gasteiger partial charge >= 0.3 is 5.97 Å². The van der Waals surface area contributed by atoms with Crippen molar-refractivity contribution in [1.29, 1.82) is 0 Å². The van der Waals surface area contributed by atoms with Gasteiger partial charge in [0.25, 0.3) is 0 Å². The smallest absolute Gasteiger partial charge is 0.307 e. The van der Waals surface area contributed by atoms with E-state index in [4.69, 9.17) is 5.11 Å². The SMILES string of the molecule is O=C(O)[C@H]1C[C@@H]1c1cc(F)cc(F)c1. The Kier molecular flexibility index (Phi) is 1.98. The molecule has 0 amide bonds. The molecule has 1 saturated carbocycles. The van der Waals surface area contributed by atoms with E-state index in [9.17, 15) is 13.6 Å². The summed E-state index contributed by atoms with van der Waals surface area (Å²) in [5, 5.41) is 8.64. The predicted molar refractivity (Wildman–Crippen MR) is 44.8 cm³/mol. The largest absolute Gasteiger partial charge is 0.481 e. The monoisotopic (exact) mass is 198 g/mol. The van der Waals surface area contributed by atoms with Crippen LogP contribution >= 0.6 is 0 Å². The van der Waals surface area contributed by atoms with Crippen LogP contribution in [0.2, 0.25) is 0 Å². The summed E-state index contributed by atoms with van der Waals surface area (Å²) in [7, 11) is 0. The number of rotatable bonds is 2. The number of halogens is 2. The molecule has 0 aliphatic heterocycles. The van der Waals surface area contributed by atoms with Gasteiger partial charge in [0.05, 0.1) is 5.92 Å². The van der Waals surface area contributed by atoms with Crippen LogP contribution in [0.3, 0.4) is 0 Å². The van der Waals surface area contributed by atoms with Gasteiger partial charge in [-0.25, -0.2) is 8.78 Å². The molecule has 2 atom stereocenters. The van der Waals surface area contributed by atoms with Crippen LogP contribution in [0.1, 0.15) is 17.9 Å². The number of carboxylic acid groups (broad SMARTS) is 1. The van der Waals surface area contributed by atoms with Gasteiger partial charge in [-0.05, 0) is 30.0 Å². The first kappa shape index (κ1) is 9.12. The first-order valence-electron chi connectivity index (χ1n) is 4.26. The van der Waals surface area contributed by atoms with Gasteiger partial charge < -0.3 is 5.11 Å². The lowest BCUT2D eigenvalue weighted by atomic mass is 10.1. The third kappa shape index (κ3) is 1.60. The van der Waals surface area contributed by atoms with E-state index in [0.717, 1.165) is 6.07 Å². The molecule has 0 spiro atoms. The van der Waals surface area contributed by atoms with Crippen LogP contribution in [-0.4, -0.2) is 11.1 Å².